The molecule has 27 heavy (non-hydrogen) atoms. The number of rotatable bonds is 6. The Labute approximate surface area is 158 Å². The Hall–Kier alpha value is -3.05. The van der Waals surface area contributed by atoms with Crippen molar-refractivity contribution in [2.45, 2.75) is 0 Å². The van der Waals surface area contributed by atoms with Gasteiger partial charge < -0.3 is 19.9 Å². The number of hydrogen-bond acceptors (Lipinski definition) is 5. The first-order chi connectivity index (χ1) is 13.2. The van der Waals surface area contributed by atoms with Gasteiger partial charge in [0.2, 0.25) is 0 Å². The van der Waals surface area contributed by atoms with Gasteiger partial charge in [0, 0.05) is 13.7 Å². The third kappa shape index (κ3) is 3.73. The van der Waals surface area contributed by atoms with Gasteiger partial charge in [0.15, 0.2) is 0 Å². The maximum atomic E-state index is 9.51. The van der Waals surface area contributed by atoms with E-state index < -0.39 is 0 Å². The number of nitrogens with one attached hydrogen (secondary N) is 1. The second kappa shape index (κ2) is 7.68. The lowest BCUT2D eigenvalue weighted by molar-refractivity contribution is 0.146. The molecule has 5 heteroatoms. The molecule has 0 aromatic heterocycles. The largest absolute Gasteiger partial charge is 0.508 e. The highest BCUT2D eigenvalue weighted by Gasteiger charge is 2.15. The van der Waals surface area contributed by atoms with E-state index in [0.717, 1.165) is 52.1 Å². The van der Waals surface area contributed by atoms with Crippen LogP contribution >= 0.6 is 0 Å². The highest BCUT2D eigenvalue weighted by molar-refractivity contribution is 6.06. The van der Waals surface area contributed by atoms with Crippen LogP contribution in [0.5, 0.6) is 11.5 Å². The molecule has 1 heterocycles. The van der Waals surface area contributed by atoms with E-state index in [2.05, 4.69) is 40.6 Å². The number of aromatic hydroxyl groups is 1. The fourth-order valence-corrected chi connectivity index (χ4v) is 3.23. The lowest BCUT2D eigenvalue weighted by atomic mass is 9.99. The minimum atomic E-state index is 0.269. The molecule has 0 amide bonds. The van der Waals surface area contributed by atoms with E-state index in [-0.39, 0.29) is 5.75 Å². The first-order valence-corrected chi connectivity index (χ1v) is 9.02. The Bertz CT molecular complexity index is 981. The van der Waals surface area contributed by atoms with Crippen LogP contribution in [0, 0.1) is 0 Å². The molecule has 0 saturated heterocycles. The normalized spacial score (nSPS) is 13.4. The summed E-state index contributed by atoms with van der Waals surface area (Å²) in [5, 5.41) is 15.1. The lowest BCUT2D eigenvalue weighted by Gasteiger charge is -2.14. The quantitative estimate of drug-likeness (QED) is 0.658. The van der Waals surface area contributed by atoms with Gasteiger partial charge in [-0.25, -0.2) is 0 Å². The first-order valence-electron chi connectivity index (χ1n) is 9.02. The lowest BCUT2D eigenvalue weighted by Crippen LogP contribution is -2.20. The Balaban J connectivity index is 1.76. The number of amidine groups is 1. The molecular weight excluding hydrogens is 340 g/mol. The van der Waals surface area contributed by atoms with Crippen molar-refractivity contribution in [2.24, 2.45) is 4.99 Å². The summed E-state index contributed by atoms with van der Waals surface area (Å²) in [6, 6.07) is 17.8. The van der Waals surface area contributed by atoms with Crippen LogP contribution in [0.3, 0.4) is 0 Å². The zero-order valence-corrected chi connectivity index (χ0v) is 15.2. The predicted octanol–water partition coefficient (Wildman–Crippen LogP) is 3.59. The molecule has 138 valence electrons. The summed E-state index contributed by atoms with van der Waals surface area (Å²) in [6.07, 6.45) is 0. The Kier molecular flexibility index (Phi) is 4.94. The highest BCUT2D eigenvalue weighted by Crippen LogP contribution is 2.31. The summed E-state index contributed by atoms with van der Waals surface area (Å²) in [6.45, 7) is 2.65. The third-order valence-corrected chi connectivity index (χ3v) is 4.61. The fourth-order valence-electron chi connectivity index (χ4n) is 3.23. The van der Waals surface area contributed by atoms with Gasteiger partial charge in [-0.05, 0) is 52.2 Å². The van der Waals surface area contributed by atoms with Gasteiger partial charge in [-0.3, -0.25) is 4.99 Å². The van der Waals surface area contributed by atoms with Crippen LogP contribution < -0.4 is 10.1 Å². The van der Waals surface area contributed by atoms with Crippen LogP contribution in [0.1, 0.15) is 5.56 Å². The molecule has 2 N–H and O–H groups in total. The van der Waals surface area contributed by atoms with Gasteiger partial charge in [0.1, 0.15) is 23.9 Å². The van der Waals surface area contributed by atoms with Crippen molar-refractivity contribution in [1.82, 2.24) is 5.32 Å². The standard InChI is InChI=1S/C22H22N2O3/c1-26-10-11-27-21-14-17-3-2-16(15-4-6-19(25)7-5-15)12-18(17)13-20(21)22-23-8-9-24-22/h2-7,12-14,25H,8-11H2,1H3,(H,23,24). The summed E-state index contributed by atoms with van der Waals surface area (Å²) < 4.78 is 11.1. The number of fused-ring (bicyclic) bond motifs is 1. The molecule has 3 aromatic carbocycles. The van der Waals surface area contributed by atoms with Crippen molar-refractivity contribution < 1.29 is 14.6 Å². The molecule has 1 aliphatic rings. The molecule has 3 aromatic rings. The molecule has 0 atom stereocenters. The van der Waals surface area contributed by atoms with E-state index in [1.54, 1.807) is 19.2 Å². The van der Waals surface area contributed by atoms with Crippen LogP contribution in [0.15, 0.2) is 59.6 Å². The van der Waals surface area contributed by atoms with Crippen molar-refractivity contribution in [3.05, 3.63) is 60.2 Å². The summed E-state index contributed by atoms with van der Waals surface area (Å²) in [7, 11) is 1.66. The number of methoxy groups -OCH3 is 1. The first kappa shape index (κ1) is 17.4. The Morgan fingerprint density at radius 2 is 1.78 bits per heavy atom. The number of hydrogen-bond donors (Lipinski definition) is 2. The van der Waals surface area contributed by atoms with Crippen molar-refractivity contribution in [3.8, 4) is 22.6 Å². The Morgan fingerprint density at radius 3 is 2.52 bits per heavy atom. The van der Waals surface area contributed by atoms with Gasteiger partial charge in [-0.2, -0.15) is 0 Å². The molecule has 0 spiro atoms. The van der Waals surface area contributed by atoms with E-state index in [1.807, 2.05) is 12.1 Å². The molecule has 0 unspecified atom stereocenters. The molecule has 5 nitrogen and oxygen atoms in total. The average Bonchev–Trinajstić information content (AvgIpc) is 3.22. The smallest absolute Gasteiger partial charge is 0.132 e. The summed E-state index contributed by atoms with van der Waals surface area (Å²) in [4.78, 5) is 4.56. The van der Waals surface area contributed by atoms with Gasteiger partial charge >= 0.3 is 0 Å². The van der Waals surface area contributed by atoms with Gasteiger partial charge in [-0.1, -0.05) is 24.3 Å². The molecule has 0 bridgehead atoms. The highest BCUT2D eigenvalue weighted by atomic mass is 16.5. The zero-order valence-electron chi connectivity index (χ0n) is 15.2. The Morgan fingerprint density at radius 1 is 0.963 bits per heavy atom. The monoisotopic (exact) mass is 362 g/mol. The topological polar surface area (TPSA) is 63.1 Å². The average molecular weight is 362 g/mol. The second-order valence-corrected chi connectivity index (χ2v) is 6.46. The third-order valence-electron chi connectivity index (χ3n) is 4.61. The molecule has 0 fully saturated rings. The van der Waals surface area contributed by atoms with E-state index >= 15 is 0 Å². The SMILES string of the molecule is COCCOc1cc2ccc(-c3ccc(O)cc3)cc2cc1C1=NCCN1. The van der Waals surface area contributed by atoms with Crippen LogP contribution in [-0.4, -0.2) is 44.4 Å². The molecule has 0 saturated carbocycles. The molecule has 0 radical (unpaired) electrons. The maximum Gasteiger partial charge on any atom is 0.132 e. The minimum absolute atomic E-state index is 0.269. The van der Waals surface area contributed by atoms with Crippen molar-refractivity contribution in [3.63, 3.8) is 0 Å². The van der Waals surface area contributed by atoms with E-state index in [4.69, 9.17) is 9.47 Å². The van der Waals surface area contributed by atoms with Crippen molar-refractivity contribution in [1.29, 1.82) is 0 Å². The van der Waals surface area contributed by atoms with Crippen LogP contribution in [0.2, 0.25) is 0 Å². The van der Waals surface area contributed by atoms with Crippen LogP contribution in [0.25, 0.3) is 21.9 Å². The van der Waals surface area contributed by atoms with Crippen molar-refractivity contribution >= 4 is 16.6 Å². The van der Waals surface area contributed by atoms with Crippen LogP contribution in [-0.2, 0) is 4.74 Å². The summed E-state index contributed by atoms with van der Waals surface area (Å²) in [5.41, 5.74) is 3.13. The minimum Gasteiger partial charge on any atom is -0.508 e. The number of nitrogens with zero attached hydrogens (tertiary/aromatic N) is 1. The van der Waals surface area contributed by atoms with E-state index in [1.165, 1.54) is 0 Å². The molecule has 4 rings (SSSR count). The molecule has 0 aliphatic carbocycles. The van der Waals surface area contributed by atoms with E-state index in [0.29, 0.717) is 13.2 Å². The molecular formula is C22H22N2O3. The zero-order chi connectivity index (χ0) is 18.6. The molecule has 1 aliphatic heterocycles. The number of benzene rings is 3. The number of phenolic OH excluding ortho intramolecular Hbond substituents is 1. The van der Waals surface area contributed by atoms with Crippen LogP contribution in [0.4, 0.5) is 0 Å². The second-order valence-electron chi connectivity index (χ2n) is 6.46. The predicted molar refractivity (Wildman–Crippen MR) is 108 cm³/mol. The number of phenols is 1. The van der Waals surface area contributed by atoms with Gasteiger partial charge in [-0.15, -0.1) is 0 Å². The maximum absolute atomic E-state index is 9.51. The number of aliphatic imine (C=N–C) groups is 1. The number of ether oxygens (including phenoxy) is 2. The van der Waals surface area contributed by atoms with Gasteiger partial charge in [0.05, 0.1) is 18.7 Å². The summed E-state index contributed by atoms with van der Waals surface area (Å²) in [5.74, 6) is 1.95. The van der Waals surface area contributed by atoms with Gasteiger partial charge in [0.25, 0.3) is 0 Å². The summed E-state index contributed by atoms with van der Waals surface area (Å²) >= 11 is 0. The van der Waals surface area contributed by atoms with E-state index in [9.17, 15) is 5.11 Å². The fraction of sp³-hybridized carbons (Fsp3) is 0.227. The van der Waals surface area contributed by atoms with Crippen molar-refractivity contribution in [2.75, 3.05) is 33.4 Å².